The van der Waals surface area contributed by atoms with E-state index in [1.165, 1.54) is 12.0 Å². The Kier molecular flexibility index (Phi) is 2.50. The SMILES string of the molecule is Brc1cncc(CN2CC3CC(C2)O3)c1. The van der Waals surface area contributed by atoms with Gasteiger partial charge in [0.2, 0.25) is 0 Å². The minimum atomic E-state index is 0.490. The molecule has 2 atom stereocenters. The Bertz CT molecular complexity index is 355. The molecule has 0 saturated carbocycles. The first-order valence-corrected chi connectivity index (χ1v) is 6.06. The highest BCUT2D eigenvalue weighted by Gasteiger charge is 2.37. The Hall–Kier alpha value is -0.450. The summed E-state index contributed by atoms with van der Waals surface area (Å²) in [5, 5.41) is 0. The van der Waals surface area contributed by atoms with Crippen LogP contribution in [0.1, 0.15) is 12.0 Å². The summed E-state index contributed by atoms with van der Waals surface area (Å²) >= 11 is 3.44. The first-order chi connectivity index (χ1) is 7.29. The van der Waals surface area contributed by atoms with Crippen molar-refractivity contribution in [3.8, 4) is 0 Å². The summed E-state index contributed by atoms with van der Waals surface area (Å²) in [5.41, 5.74) is 1.27. The molecule has 4 heterocycles. The lowest BCUT2D eigenvalue weighted by Crippen LogP contribution is -2.56. The van der Waals surface area contributed by atoms with E-state index in [1.807, 2.05) is 12.4 Å². The van der Waals surface area contributed by atoms with Crippen molar-refractivity contribution in [3.05, 3.63) is 28.5 Å². The van der Waals surface area contributed by atoms with Crippen LogP contribution in [0.2, 0.25) is 0 Å². The average molecular weight is 269 g/mol. The molecular weight excluding hydrogens is 256 g/mol. The molecule has 0 aromatic carbocycles. The van der Waals surface area contributed by atoms with Crippen LogP contribution < -0.4 is 0 Å². The van der Waals surface area contributed by atoms with E-state index < -0.39 is 0 Å². The monoisotopic (exact) mass is 268 g/mol. The average Bonchev–Trinajstić information content (AvgIpc) is 2.16. The lowest BCUT2D eigenvalue weighted by atomic mass is 9.98. The summed E-state index contributed by atoms with van der Waals surface area (Å²) in [6.07, 6.45) is 5.99. The number of morpholine rings is 1. The molecule has 80 valence electrons. The molecule has 1 aromatic heterocycles. The molecule has 3 nitrogen and oxygen atoms in total. The van der Waals surface area contributed by atoms with E-state index in [1.54, 1.807) is 0 Å². The number of fused-ring (bicyclic) bond motifs is 2. The second-order valence-corrected chi connectivity index (χ2v) is 5.24. The van der Waals surface area contributed by atoms with Crippen molar-refractivity contribution in [1.82, 2.24) is 9.88 Å². The fourth-order valence-corrected chi connectivity index (χ4v) is 2.78. The summed E-state index contributed by atoms with van der Waals surface area (Å²) in [6, 6.07) is 2.13. The minimum absolute atomic E-state index is 0.490. The van der Waals surface area contributed by atoms with E-state index in [0.717, 1.165) is 24.1 Å². The van der Waals surface area contributed by atoms with Gasteiger partial charge in [0.1, 0.15) is 0 Å². The molecule has 0 spiro atoms. The van der Waals surface area contributed by atoms with E-state index in [4.69, 9.17) is 4.74 Å². The smallest absolute Gasteiger partial charge is 0.0731 e. The van der Waals surface area contributed by atoms with Gasteiger partial charge in [-0.2, -0.15) is 0 Å². The van der Waals surface area contributed by atoms with Crippen LogP contribution in [0.25, 0.3) is 0 Å². The number of nitrogens with zero attached hydrogens (tertiary/aromatic N) is 2. The molecule has 3 aliphatic heterocycles. The Labute approximate surface area is 97.6 Å². The molecule has 0 amide bonds. The van der Waals surface area contributed by atoms with Gasteiger partial charge in [-0.1, -0.05) is 0 Å². The van der Waals surface area contributed by atoms with Crippen LogP contribution in [0.4, 0.5) is 0 Å². The Balaban J connectivity index is 1.65. The Morgan fingerprint density at radius 1 is 1.40 bits per heavy atom. The molecule has 2 bridgehead atoms. The fourth-order valence-electron chi connectivity index (χ4n) is 2.37. The van der Waals surface area contributed by atoms with Gasteiger partial charge in [-0.05, 0) is 27.6 Å². The van der Waals surface area contributed by atoms with E-state index in [-0.39, 0.29) is 0 Å². The molecule has 0 N–H and O–H groups in total. The first-order valence-electron chi connectivity index (χ1n) is 5.27. The van der Waals surface area contributed by atoms with Crippen LogP contribution in [0.3, 0.4) is 0 Å². The van der Waals surface area contributed by atoms with Crippen LogP contribution in [-0.4, -0.2) is 35.2 Å². The standard InChI is InChI=1S/C11H13BrN2O/c12-9-1-8(3-13-4-9)5-14-6-10-2-11(7-14)15-10/h1,3-4,10-11H,2,5-7H2. The molecule has 4 rings (SSSR count). The molecule has 3 fully saturated rings. The van der Waals surface area contributed by atoms with Crippen molar-refractivity contribution in [3.63, 3.8) is 0 Å². The van der Waals surface area contributed by atoms with Crippen LogP contribution >= 0.6 is 15.9 Å². The van der Waals surface area contributed by atoms with Crippen LogP contribution in [-0.2, 0) is 11.3 Å². The van der Waals surface area contributed by atoms with Gasteiger partial charge >= 0.3 is 0 Å². The topological polar surface area (TPSA) is 25.4 Å². The van der Waals surface area contributed by atoms with Crippen molar-refractivity contribution in [2.75, 3.05) is 13.1 Å². The third-order valence-corrected chi connectivity index (χ3v) is 3.44. The van der Waals surface area contributed by atoms with Crippen LogP contribution in [0.5, 0.6) is 0 Å². The summed E-state index contributed by atoms with van der Waals surface area (Å²) in [7, 11) is 0. The maximum atomic E-state index is 5.60. The zero-order valence-corrected chi connectivity index (χ0v) is 9.98. The third kappa shape index (κ3) is 2.07. The molecule has 4 heteroatoms. The zero-order chi connectivity index (χ0) is 10.3. The maximum Gasteiger partial charge on any atom is 0.0731 e. The number of piperidine rings is 1. The number of pyridine rings is 1. The Morgan fingerprint density at radius 2 is 2.13 bits per heavy atom. The quantitative estimate of drug-likeness (QED) is 0.818. The molecule has 3 aliphatic rings. The lowest BCUT2D eigenvalue weighted by molar-refractivity contribution is -0.182. The number of ether oxygens (including phenoxy) is 1. The second kappa shape index (κ2) is 3.85. The summed E-state index contributed by atoms with van der Waals surface area (Å²) in [6.45, 7) is 3.13. The molecule has 2 unspecified atom stereocenters. The normalized spacial score (nSPS) is 29.9. The molecule has 1 aromatic rings. The highest BCUT2D eigenvalue weighted by Crippen LogP contribution is 2.28. The zero-order valence-electron chi connectivity index (χ0n) is 8.40. The molecule has 15 heavy (non-hydrogen) atoms. The summed E-state index contributed by atoms with van der Waals surface area (Å²) < 4.78 is 6.65. The van der Waals surface area contributed by atoms with Gasteiger partial charge in [-0.3, -0.25) is 9.88 Å². The first kappa shape index (κ1) is 9.75. The third-order valence-electron chi connectivity index (χ3n) is 3.00. The van der Waals surface area contributed by atoms with E-state index >= 15 is 0 Å². The fraction of sp³-hybridized carbons (Fsp3) is 0.545. The number of halogens is 1. The molecule has 0 aliphatic carbocycles. The van der Waals surface area contributed by atoms with E-state index in [2.05, 4.69) is 31.9 Å². The number of hydrogen-bond donors (Lipinski definition) is 0. The maximum absolute atomic E-state index is 5.60. The summed E-state index contributed by atoms with van der Waals surface area (Å²) in [5.74, 6) is 0. The minimum Gasteiger partial charge on any atom is -0.372 e. The summed E-state index contributed by atoms with van der Waals surface area (Å²) in [4.78, 5) is 6.63. The predicted molar refractivity (Wildman–Crippen MR) is 60.5 cm³/mol. The highest BCUT2D eigenvalue weighted by molar-refractivity contribution is 9.10. The van der Waals surface area contributed by atoms with Gasteiger partial charge in [-0.25, -0.2) is 0 Å². The van der Waals surface area contributed by atoms with Gasteiger partial charge in [0.25, 0.3) is 0 Å². The number of rotatable bonds is 2. The molecule has 0 radical (unpaired) electrons. The van der Waals surface area contributed by atoms with Crippen molar-refractivity contribution in [1.29, 1.82) is 0 Å². The molecular formula is C11H13BrN2O. The Morgan fingerprint density at radius 3 is 2.80 bits per heavy atom. The van der Waals surface area contributed by atoms with Gasteiger partial charge in [0, 0.05) is 42.9 Å². The van der Waals surface area contributed by atoms with Crippen molar-refractivity contribution < 1.29 is 4.74 Å². The lowest BCUT2D eigenvalue weighted by Gasteiger charge is -2.47. The van der Waals surface area contributed by atoms with Crippen LogP contribution in [0.15, 0.2) is 22.9 Å². The van der Waals surface area contributed by atoms with Crippen molar-refractivity contribution in [2.24, 2.45) is 0 Å². The van der Waals surface area contributed by atoms with E-state index in [9.17, 15) is 0 Å². The highest BCUT2D eigenvalue weighted by atomic mass is 79.9. The molecule has 3 saturated heterocycles. The predicted octanol–water partition coefficient (Wildman–Crippen LogP) is 1.82. The number of aromatic nitrogens is 1. The van der Waals surface area contributed by atoms with Crippen LogP contribution in [0, 0.1) is 0 Å². The van der Waals surface area contributed by atoms with Crippen molar-refractivity contribution in [2.45, 2.75) is 25.2 Å². The largest absolute Gasteiger partial charge is 0.372 e. The second-order valence-electron chi connectivity index (χ2n) is 4.32. The van der Waals surface area contributed by atoms with Crippen molar-refractivity contribution >= 4 is 15.9 Å². The van der Waals surface area contributed by atoms with E-state index in [0.29, 0.717) is 12.2 Å². The van der Waals surface area contributed by atoms with Gasteiger partial charge in [0.15, 0.2) is 0 Å². The van der Waals surface area contributed by atoms with Gasteiger partial charge in [0.05, 0.1) is 12.2 Å². The van der Waals surface area contributed by atoms with Gasteiger partial charge in [-0.15, -0.1) is 0 Å². The number of hydrogen-bond acceptors (Lipinski definition) is 3. The van der Waals surface area contributed by atoms with Gasteiger partial charge < -0.3 is 4.74 Å².